The minimum atomic E-state index is -0.460. The van der Waals surface area contributed by atoms with E-state index < -0.39 is 11.7 Å². The third-order valence-electron chi connectivity index (χ3n) is 2.36. The summed E-state index contributed by atoms with van der Waals surface area (Å²) in [7, 11) is 0. The van der Waals surface area contributed by atoms with E-state index in [1.165, 1.54) is 0 Å². The molecule has 0 fully saturated rings. The van der Waals surface area contributed by atoms with Crippen molar-refractivity contribution in [3.05, 3.63) is 0 Å². The van der Waals surface area contributed by atoms with Gasteiger partial charge in [-0.1, -0.05) is 13.8 Å². The number of alkyl carbamates (subject to hydrolysis) is 1. The predicted molar refractivity (Wildman–Crippen MR) is 64.3 cm³/mol. The Hall–Kier alpha value is -0.770. The molecule has 0 rings (SSSR count). The highest BCUT2D eigenvalue weighted by Crippen LogP contribution is 2.13. The van der Waals surface area contributed by atoms with Gasteiger partial charge in [0.15, 0.2) is 0 Å². The van der Waals surface area contributed by atoms with Crippen molar-refractivity contribution in [3.8, 4) is 0 Å². The number of carbonyl (C=O) groups excluding carboxylic acids is 1. The van der Waals surface area contributed by atoms with Gasteiger partial charge in [-0.25, -0.2) is 4.79 Å². The summed E-state index contributed by atoms with van der Waals surface area (Å²) in [6, 6.07) is 0. The lowest BCUT2D eigenvalue weighted by molar-refractivity contribution is 0.0520. The van der Waals surface area contributed by atoms with Gasteiger partial charge in [-0.05, 0) is 39.0 Å². The molecular weight excluding hydrogens is 206 g/mol. The Morgan fingerprint density at radius 2 is 1.94 bits per heavy atom. The molecule has 0 aromatic heterocycles. The zero-order valence-electron chi connectivity index (χ0n) is 11.0. The molecule has 0 aromatic rings. The van der Waals surface area contributed by atoms with E-state index in [0.29, 0.717) is 12.5 Å². The molecule has 96 valence electrons. The Kier molecular flexibility index (Phi) is 6.41. The summed E-state index contributed by atoms with van der Waals surface area (Å²) in [4.78, 5) is 11.3. The van der Waals surface area contributed by atoms with Gasteiger partial charge in [0.1, 0.15) is 5.60 Å². The molecule has 1 amide bonds. The fourth-order valence-electron chi connectivity index (χ4n) is 1.31. The Balaban J connectivity index is 3.77. The van der Waals surface area contributed by atoms with Crippen molar-refractivity contribution in [1.29, 1.82) is 0 Å². The van der Waals surface area contributed by atoms with Gasteiger partial charge in [-0.15, -0.1) is 0 Å². The molecule has 16 heavy (non-hydrogen) atoms. The molecule has 4 nitrogen and oxygen atoms in total. The molecule has 1 atom stereocenters. The third-order valence-corrected chi connectivity index (χ3v) is 2.36. The lowest BCUT2D eigenvalue weighted by Crippen LogP contribution is -2.34. The Morgan fingerprint density at radius 1 is 1.38 bits per heavy atom. The van der Waals surface area contributed by atoms with E-state index in [1.54, 1.807) is 0 Å². The fourth-order valence-corrected chi connectivity index (χ4v) is 1.31. The molecule has 0 saturated heterocycles. The highest BCUT2D eigenvalue weighted by Gasteiger charge is 2.17. The summed E-state index contributed by atoms with van der Waals surface area (Å²) in [5.41, 5.74) is -0.460. The SMILES string of the molecule is CC(C)C(CO)CCNC(=O)OC(C)(C)C. The maximum absolute atomic E-state index is 11.3. The summed E-state index contributed by atoms with van der Waals surface area (Å²) < 4.78 is 5.10. The second kappa shape index (κ2) is 6.74. The number of aliphatic hydroxyl groups excluding tert-OH is 1. The van der Waals surface area contributed by atoms with Gasteiger partial charge in [0.05, 0.1) is 0 Å². The van der Waals surface area contributed by atoms with Crippen LogP contribution in [0.5, 0.6) is 0 Å². The molecule has 2 N–H and O–H groups in total. The number of rotatable bonds is 5. The molecule has 0 heterocycles. The van der Waals surface area contributed by atoms with E-state index in [4.69, 9.17) is 9.84 Å². The van der Waals surface area contributed by atoms with Crippen LogP contribution in [0.15, 0.2) is 0 Å². The van der Waals surface area contributed by atoms with Crippen molar-refractivity contribution < 1.29 is 14.6 Å². The van der Waals surface area contributed by atoms with Crippen LogP contribution in [0.1, 0.15) is 41.0 Å². The quantitative estimate of drug-likeness (QED) is 0.762. The predicted octanol–water partition coefficient (Wildman–Crippen LogP) is 2.17. The lowest BCUT2D eigenvalue weighted by Gasteiger charge is -2.21. The van der Waals surface area contributed by atoms with Crippen molar-refractivity contribution in [3.63, 3.8) is 0 Å². The smallest absolute Gasteiger partial charge is 0.407 e. The minimum absolute atomic E-state index is 0.160. The highest BCUT2D eigenvalue weighted by molar-refractivity contribution is 5.67. The fraction of sp³-hybridized carbons (Fsp3) is 0.917. The van der Waals surface area contributed by atoms with E-state index >= 15 is 0 Å². The maximum atomic E-state index is 11.3. The Morgan fingerprint density at radius 3 is 2.31 bits per heavy atom. The number of aliphatic hydroxyl groups is 1. The van der Waals surface area contributed by atoms with Crippen molar-refractivity contribution in [2.24, 2.45) is 11.8 Å². The highest BCUT2D eigenvalue weighted by atomic mass is 16.6. The van der Waals surface area contributed by atoms with Crippen LogP contribution in [0, 0.1) is 11.8 Å². The Labute approximate surface area is 98.4 Å². The van der Waals surface area contributed by atoms with E-state index in [9.17, 15) is 4.79 Å². The van der Waals surface area contributed by atoms with E-state index in [1.807, 2.05) is 20.8 Å². The first kappa shape index (κ1) is 15.2. The molecule has 0 radical (unpaired) electrons. The number of hydrogen-bond donors (Lipinski definition) is 2. The standard InChI is InChI=1S/C12H25NO3/c1-9(2)10(8-14)6-7-13-11(15)16-12(3,4)5/h9-10,14H,6-8H2,1-5H3,(H,13,15). The summed E-state index contributed by atoms with van der Waals surface area (Å²) >= 11 is 0. The average Bonchev–Trinajstić information content (AvgIpc) is 2.08. The van der Waals surface area contributed by atoms with Crippen molar-refractivity contribution in [2.75, 3.05) is 13.2 Å². The molecule has 0 saturated carbocycles. The number of amides is 1. The van der Waals surface area contributed by atoms with Crippen LogP contribution in [0.3, 0.4) is 0 Å². The van der Waals surface area contributed by atoms with Gasteiger partial charge in [-0.3, -0.25) is 0 Å². The first-order chi connectivity index (χ1) is 7.26. The van der Waals surface area contributed by atoms with Gasteiger partial charge in [0, 0.05) is 13.2 Å². The van der Waals surface area contributed by atoms with E-state index in [2.05, 4.69) is 19.2 Å². The second-order valence-corrected chi connectivity index (χ2v) is 5.40. The van der Waals surface area contributed by atoms with Crippen LogP contribution < -0.4 is 5.32 Å². The van der Waals surface area contributed by atoms with Crippen molar-refractivity contribution >= 4 is 6.09 Å². The largest absolute Gasteiger partial charge is 0.444 e. The zero-order valence-corrected chi connectivity index (χ0v) is 11.0. The normalized spacial score (nSPS) is 13.7. The topological polar surface area (TPSA) is 58.6 Å². The van der Waals surface area contributed by atoms with Gasteiger partial charge in [-0.2, -0.15) is 0 Å². The molecule has 0 aliphatic rings. The first-order valence-corrected chi connectivity index (χ1v) is 5.84. The van der Waals surface area contributed by atoms with Crippen LogP contribution >= 0.6 is 0 Å². The molecule has 0 aliphatic heterocycles. The lowest BCUT2D eigenvalue weighted by atomic mass is 9.93. The minimum Gasteiger partial charge on any atom is -0.444 e. The number of ether oxygens (including phenoxy) is 1. The molecule has 0 bridgehead atoms. The number of hydrogen-bond acceptors (Lipinski definition) is 3. The summed E-state index contributed by atoms with van der Waals surface area (Å²) in [6.07, 6.45) is 0.376. The molecule has 0 aliphatic carbocycles. The second-order valence-electron chi connectivity index (χ2n) is 5.40. The molecular formula is C12H25NO3. The maximum Gasteiger partial charge on any atom is 0.407 e. The Bertz CT molecular complexity index is 209. The molecule has 0 spiro atoms. The van der Waals surface area contributed by atoms with Gasteiger partial charge >= 0.3 is 6.09 Å². The van der Waals surface area contributed by atoms with Gasteiger partial charge in [0.25, 0.3) is 0 Å². The monoisotopic (exact) mass is 231 g/mol. The average molecular weight is 231 g/mol. The van der Waals surface area contributed by atoms with Crippen LogP contribution in [-0.2, 0) is 4.74 Å². The van der Waals surface area contributed by atoms with Crippen LogP contribution in [0.4, 0.5) is 4.79 Å². The van der Waals surface area contributed by atoms with Crippen LogP contribution in [-0.4, -0.2) is 30.0 Å². The number of nitrogens with one attached hydrogen (secondary N) is 1. The van der Waals surface area contributed by atoms with Crippen molar-refractivity contribution in [2.45, 2.75) is 46.6 Å². The van der Waals surface area contributed by atoms with Gasteiger partial charge in [0.2, 0.25) is 0 Å². The van der Waals surface area contributed by atoms with E-state index in [-0.39, 0.29) is 12.5 Å². The summed E-state index contributed by atoms with van der Waals surface area (Å²) in [6.45, 7) is 10.3. The van der Waals surface area contributed by atoms with Crippen LogP contribution in [0.2, 0.25) is 0 Å². The van der Waals surface area contributed by atoms with Crippen LogP contribution in [0.25, 0.3) is 0 Å². The third kappa shape index (κ3) is 7.51. The van der Waals surface area contributed by atoms with E-state index in [0.717, 1.165) is 6.42 Å². The first-order valence-electron chi connectivity index (χ1n) is 5.84. The molecule has 4 heteroatoms. The summed E-state index contributed by atoms with van der Waals surface area (Å²) in [5, 5.41) is 11.8. The number of carbonyl (C=O) groups is 1. The molecule has 0 aromatic carbocycles. The van der Waals surface area contributed by atoms with Crippen molar-refractivity contribution in [1.82, 2.24) is 5.32 Å². The van der Waals surface area contributed by atoms with Gasteiger partial charge < -0.3 is 15.2 Å². The zero-order chi connectivity index (χ0) is 12.8. The summed E-state index contributed by atoms with van der Waals surface area (Å²) in [5.74, 6) is 0.653. The molecule has 1 unspecified atom stereocenters.